The van der Waals surface area contributed by atoms with Gasteiger partial charge in [0, 0.05) is 63.1 Å². The number of hydrogen-bond acceptors (Lipinski definition) is 8. The number of nitrogens with zero attached hydrogens (tertiary/aromatic N) is 3. The average Bonchev–Trinajstić information content (AvgIpc) is 3.34. The Kier molecular flexibility index (Phi) is 9.71. The highest BCUT2D eigenvalue weighted by Gasteiger charge is 2.30. The summed E-state index contributed by atoms with van der Waals surface area (Å²) in [5.74, 6) is -1.68. The van der Waals surface area contributed by atoms with Crippen molar-refractivity contribution in [3.63, 3.8) is 0 Å². The molecule has 3 aromatic carbocycles. The number of nitrogens with one attached hydrogen (secondary N) is 2. The summed E-state index contributed by atoms with van der Waals surface area (Å²) in [6.07, 6.45) is 0. The van der Waals surface area contributed by atoms with Crippen molar-refractivity contribution in [2.75, 3.05) is 70.2 Å². The molecular formula is C33H37N5O6. The van der Waals surface area contributed by atoms with Gasteiger partial charge in [-0.2, -0.15) is 0 Å². The highest BCUT2D eigenvalue weighted by molar-refractivity contribution is 6.37. The third-order valence-corrected chi connectivity index (χ3v) is 7.91. The van der Waals surface area contributed by atoms with Crippen LogP contribution in [0.1, 0.15) is 37.4 Å². The number of carboxylic acid groups (broad SMARTS) is 1. The number of benzene rings is 3. The van der Waals surface area contributed by atoms with E-state index in [9.17, 15) is 19.5 Å². The predicted molar refractivity (Wildman–Crippen MR) is 168 cm³/mol. The third-order valence-electron chi connectivity index (χ3n) is 7.91. The van der Waals surface area contributed by atoms with Crippen LogP contribution in [0.2, 0.25) is 0 Å². The van der Waals surface area contributed by atoms with Crippen LogP contribution in [0.25, 0.3) is 11.3 Å². The predicted octanol–water partition coefficient (Wildman–Crippen LogP) is 3.24. The second kappa shape index (κ2) is 13.8. The zero-order valence-electron chi connectivity index (χ0n) is 24.9. The van der Waals surface area contributed by atoms with Crippen molar-refractivity contribution in [2.24, 2.45) is 0 Å². The van der Waals surface area contributed by atoms with Crippen LogP contribution in [0, 0.1) is 6.92 Å². The lowest BCUT2D eigenvalue weighted by molar-refractivity contribution is -0.111. The van der Waals surface area contributed by atoms with Crippen LogP contribution in [-0.4, -0.2) is 102 Å². The lowest BCUT2D eigenvalue weighted by Gasteiger charge is -2.34. The van der Waals surface area contributed by atoms with E-state index >= 15 is 0 Å². The first-order chi connectivity index (χ1) is 21.2. The number of hydrogen-bond donors (Lipinski definition) is 4. The molecule has 0 aromatic heterocycles. The molecule has 4 N–H and O–H groups in total. The molecule has 11 heteroatoms. The summed E-state index contributed by atoms with van der Waals surface area (Å²) in [5, 5.41) is 26.1. The van der Waals surface area contributed by atoms with Crippen molar-refractivity contribution in [1.82, 2.24) is 14.9 Å². The minimum Gasteiger partial charge on any atom is -0.478 e. The average molecular weight is 600 g/mol. The van der Waals surface area contributed by atoms with E-state index in [0.29, 0.717) is 59.0 Å². The Bertz CT molecular complexity index is 1550. The molecule has 5 rings (SSSR count). The number of aliphatic hydroxyl groups is 1. The molecule has 0 bridgehead atoms. The van der Waals surface area contributed by atoms with Crippen molar-refractivity contribution < 1.29 is 29.4 Å². The quantitative estimate of drug-likeness (QED) is 0.194. The smallest absolute Gasteiger partial charge is 0.336 e. The monoisotopic (exact) mass is 599 g/mol. The number of aliphatic hydroxyl groups excluding tert-OH is 1. The molecule has 0 radical (unpaired) electrons. The molecule has 44 heavy (non-hydrogen) atoms. The maximum atomic E-state index is 13.2. The minimum atomic E-state index is -1.06. The zero-order chi connectivity index (χ0) is 31.2. The van der Waals surface area contributed by atoms with Crippen molar-refractivity contribution in [2.45, 2.75) is 6.92 Å². The van der Waals surface area contributed by atoms with E-state index in [0.717, 1.165) is 31.7 Å². The minimum absolute atomic E-state index is 0.130. The Morgan fingerprint density at radius 3 is 2.25 bits per heavy atom. The van der Waals surface area contributed by atoms with Crippen molar-refractivity contribution in [3.8, 4) is 0 Å². The third kappa shape index (κ3) is 6.98. The van der Waals surface area contributed by atoms with E-state index in [4.69, 9.17) is 9.94 Å². The molecule has 2 aliphatic rings. The summed E-state index contributed by atoms with van der Waals surface area (Å²) in [6.45, 7) is 7.25. The number of anilines is 2. The van der Waals surface area contributed by atoms with Crippen LogP contribution in [0.4, 0.5) is 11.4 Å². The number of carbonyl (C=O) groups excluding carboxylic acids is 2. The van der Waals surface area contributed by atoms with Crippen LogP contribution in [-0.2, 0) is 9.63 Å². The topological polar surface area (TPSA) is 135 Å². The van der Waals surface area contributed by atoms with Crippen molar-refractivity contribution in [3.05, 3.63) is 94.5 Å². The van der Waals surface area contributed by atoms with E-state index in [1.54, 1.807) is 44.3 Å². The summed E-state index contributed by atoms with van der Waals surface area (Å²) in [6, 6.07) is 19.5. The van der Waals surface area contributed by atoms with Gasteiger partial charge in [-0.25, -0.2) is 9.86 Å². The van der Waals surface area contributed by atoms with Gasteiger partial charge in [0.1, 0.15) is 0 Å². The van der Waals surface area contributed by atoms with Crippen LogP contribution in [0.5, 0.6) is 0 Å². The number of β-amino-alcohol motifs (C(OH)–C–C–N with tert-alkyl or cyclic N) is 1. The Balaban J connectivity index is 1.29. The summed E-state index contributed by atoms with van der Waals surface area (Å²) in [7, 11) is 1.60. The Labute approximate surface area is 256 Å². The van der Waals surface area contributed by atoms with Gasteiger partial charge in [0.15, 0.2) is 0 Å². The molecule has 2 aliphatic heterocycles. The van der Waals surface area contributed by atoms with Gasteiger partial charge < -0.3 is 20.8 Å². The van der Waals surface area contributed by atoms with E-state index < -0.39 is 5.97 Å². The van der Waals surface area contributed by atoms with Crippen LogP contribution < -0.4 is 10.6 Å². The van der Waals surface area contributed by atoms with Crippen LogP contribution in [0.15, 0.2) is 66.7 Å². The van der Waals surface area contributed by atoms with E-state index in [2.05, 4.69) is 20.4 Å². The van der Waals surface area contributed by atoms with Crippen LogP contribution in [0.3, 0.4) is 0 Å². The first kappa shape index (κ1) is 30.9. The maximum Gasteiger partial charge on any atom is 0.336 e. The molecule has 0 unspecified atom stereocenters. The number of fused-ring (bicyclic) bond motifs is 1. The number of hydroxylamine groups is 2. The van der Waals surface area contributed by atoms with Crippen LogP contribution >= 0.6 is 0 Å². The van der Waals surface area contributed by atoms with Gasteiger partial charge in [-0.05, 0) is 54.4 Å². The standard InChI is InChI=1S/C33H37N5O6/c1-22-20-27-28(21-26(22)33(42)43)35-31(40)29(27)30(23-6-4-3-5-7-23)34-25-10-8-24(9-11-25)32(41)36(2)44-19-17-38-14-12-37(13-15-38)16-18-39/h3-11,20-21,34,39H,12-19H2,1-2H3,(H,35,40)(H,42,43)/b30-29-. The largest absolute Gasteiger partial charge is 0.478 e. The van der Waals surface area contributed by atoms with Gasteiger partial charge in [0.05, 0.1) is 35.7 Å². The fourth-order valence-electron chi connectivity index (χ4n) is 5.45. The maximum absolute atomic E-state index is 13.2. The number of carbonyl (C=O) groups is 3. The highest BCUT2D eigenvalue weighted by Crippen LogP contribution is 2.39. The lowest BCUT2D eigenvalue weighted by Crippen LogP contribution is -2.48. The first-order valence-corrected chi connectivity index (χ1v) is 14.6. The zero-order valence-corrected chi connectivity index (χ0v) is 24.9. The van der Waals surface area contributed by atoms with Crippen molar-refractivity contribution in [1.29, 1.82) is 0 Å². The molecular weight excluding hydrogens is 562 g/mol. The van der Waals surface area contributed by atoms with Gasteiger partial charge in [-0.1, -0.05) is 30.3 Å². The number of amides is 2. The fourth-order valence-corrected chi connectivity index (χ4v) is 5.45. The first-order valence-electron chi connectivity index (χ1n) is 14.6. The summed E-state index contributed by atoms with van der Waals surface area (Å²) >= 11 is 0. The molecule has 1 saturated heterocycles. The van der Waals surface area contributed by atoms with Gasteiger partial charge in [0.2, 0.25) is 0 Å². The number of aromatic carboxylic acids is 1. The molecule has 0 spiro atoms. The van der Waals surface area contributed by atoms with Gasteiger partial charge in [-0.15, -0.1) is 0 Å². The summed E-state index contributed by atoms with van der Waals surface area (Å²) in [5.41, 5.74) is 4.57. The normalized spacial score (nSPS) is 16.3. The Hall–Kier alpha value is -4.55. The number of piperazine rings is 1. The molecule has 11 nitrogen and oxygen atoms in total. The SMILES string of the molecule is Cc1cc2c(cc1C(=O)O)NC(=O)/C2=C(\Nc1ccc(C(=O)N(C)OCCN2CCN(CCO)CC2)cc1)c1ccccc1. The lowest BCUT2D eigenvalue weighted by atomic mass is 9.96. The molecule has 0 aliphatic carbocycles. The summed E-state index contributed by atoms with van der Waals surface area (Å²) < 4.78 is 0. The van der Waals surface area contributed by atoms with Crippen molar-refractivity contribution >= 4 is 40.4 Å². The van der Waals surface area contributed by atoms with E-state index in [1.165, 1.54) is 11.1 Å². The number of rotatable bonds is 11. The highest BCUT2D eigenvalue weighted by atomic mass is 16.7. The molecule has 2 heterocycles. The summed E-state index contributed by atoms with van der Waals surface area (Å²) in [4.78, 5) is 48.2. The van der Waals surface area contributed by atoms with Gasteiger partial charge >= 0.3 is 5.97 Å². The van der Waals surface area contributed by atoms with E-state index in [1.807, 2.05) is 30.3 Å². The molecule has 1 fully saturated rings. The number of carboxylic acids is 1. The second-order valence-electron chi connectivity index (χ2n) is 10.8. The Morgan fingerprint density at radius 1 is 0.955 bits per heavy atom. The fraction of sp³-hybridized carbons (Fsp3) is 0.303. The molecule has 230 valence electrons. The molecule has 0 saturated carbocycles. The van der Waals surface area contributed by atoms with Gasteiger partial charge in [0.25, 0.3) is 11.8 Å². The molecule has 3 aromatic rings. The Morgan fingerprint density at radius 2 is 1.61 bits per heavy atom. The van der Waals surface area contributed by atoms with E-state index in [-0.39, 0.29) is 24.0 Å². The molecule has 0 atom stereocenters. The number of aryl methyl sites for hydroxylation is 1. The molecule has 2 amide bonds. The van der Waals surface area contributed by atoms with Gasteiger partial charge in [-0.3, -0.25) is 24.2 Å². The second-order valence-corrected chi connectivity index (χ2v) is 10.8.